The fourth-order valence-corrected chi connectivity index (χ4v) is 6.26. The lowest BCUT2D eigenvalue weighted by Crippen LogP contribution is -2.46. The number of piperidine rings is 1. The van der Waals surface area contributed by atoms with Crippen LogP contribution in [0.4, 0.5) is 16.3 Å². The number of imide groups is 1. The zero-order valence-corrected chi connectivity index (χ0v) is 23.6. The lowest BCUT2D eigenvalue weighted by Gasteiger charge is -2.35. The molecule has 6 heterocycles. The van der Waals surface area contributed by atoms with E-state index in [1.165, 1.54) is 0 Å². The molecule has 220 valence electrons. The van der Waals surface area contributed by atoms with Gasteiger partial charge in [-0.05, 0) is 67.9 Å². The van der Waals surface area contributed by atoms with Crippen LogP contribution in [-0.2, 0) is 16.9 Å². The fourth-order valence-electron chi connectivity index (χ4n) is 6.26. The zero-order chi connectivity index (χ0) is 29.6. The molecule has 2 saturated heterocycles. The van der Waals surface area contributed by atoms with Crippen LogP contribution in [0.3, 0.4) is 0 Å². The molecule has 12 nitrogen and oxygen atoms in total. The summed E-state index contributed by atoms with van der Waals surface area (Å²) in [4.78, 5) is 52.1. The van der Waals surface area contributed by atoms with Crippen LogP contribution in [-0.4, -0.2) is 65.5 Å². The summed E-state index contributed by atoms with van der Waals surface area (Å²) < 4.78 is 11.5. The molecule has 1 unspecified atom stereocenters. The SMILES string of the molecule is COc1ccc2c(c1)C(=O)N(CCC1(c3cc4nc(N(c5cccnc5)C5CCNCC5)ccc4o3)NC(=O)NC1=O)C2. The second kappa shape index (κ2) is 10.7. The number of carbonyl (C=O) groups is 3. The molecule has 4 aromatic rings. The first-order valence-corrected chi connectivity index (χ1v) is 14.4. The second-order valence-electron chi connectivity index (χ2n) is 11.0. The largest absolute Gasteiger partial charge is 0.497 e. The molecular weight excluding hydrogens is 550 g/mol. The highest BCUT2D eigenvalue weighted by atomic mass is 16.5. The van der Waals surface area contributed by atoms with Gasteiger partial charge in [-0.15, -0.1) is 0 Å². The van der Waals surface area contributed by atoms with E-state index < -0.39 is 17.5 Å². The van der Waals surface area contributed by atoms with E-state index in [-0.39, 0.29) is 30.7 Å². The molecule has 0 radical (unpaired) electrons. The van der Waals surface area contributed by atoms with Gasteiger partial charge in [0.05, 0.1) is 19.0 Å². The van der Waals surface area contributed by atoms with Crippen molar-refractivity contribution in [2.24, 2.45) is 0 Å². The summed E-state index contributed by atoms with van der Waals surface area (Å²) in [5.41, 5.74) is 1.94. The monoisotopic (exact) mass is 581 g/mol. The van der Waals surface area contributed by atoms with Crippen molar-refractivity contribution in [3.63, 3.8) is 0 Å². The van der Waals surface area contributed by atoms with E-state index >= 15 is 0 Å². The van der Waals surface area contributed by atoms with Crippen molar-refractivity contribution in [1.29, 1.82) is 0 Å². The highest BCUT2D eigenvalue weighted by Crippen LogP contribution is 2.37. The summed E-state index contributed by atoms with van der Waals surface area (Å²) in [6.07, 6.45) is 5.59. The summed E-state index contributed by atoms with van der Waals surface area (Å²) in [6.45, 7) is 2.43. The number of fused-ring (bicyclic) bond motifs is 2. The number of benzene rings is 1. The van der Waals surface area contributed by atoms with E-state index in [0.29, 0.717) is 29.0 Å². The Morgan fingerprint density at radius 2 is 1.98 bits per heavy atom. The number of amides is 4. The van der Waals surface area contributed by atoms with Crippen LogP contribution in [0.1, 0.15) is 40.9 Å². The average Bonchev–Trinajstić information content (AvgIpc) is 3.69. The van der Waals surface area contributed by atoms with E-state index in [1.807, 2.05) is 42.6 Å². The molecule has 0 bridgehead atoms. The molecule has 0 saturated carbocycles. The molecule has 3 aliphatic rings. The number of nitrogens with zero attached hydrogens (tertiary/aromatic N) is 4. The zero-order valence-electron chi connectivity index (χ0n) is 23.6. The Balaban J connectivity index is 1.20. The highest BCUT2D eigenvalue weighted by Gasteiger charge is 2.51. The van der Waals surface area contributed by atoms with Crippen molar-refractivity contribution in [1.82, 2.24) is 30.8 Å². The summed E-state index contributed by atoms with van der Waals surface area (Å²) >= 11 is 0. The standard InChI is InChI=1S/C31H31N7O5/c1-42-22-5-4-19-18-37(28(39)23(19)15-22)14-10-31(29(40)35-30(41)36-31)26-16-24-25(43-26)6-7-27(34-24)38(20-8-12-32-13-9-20)21-3-2-11-33-17-21/h2-7,11,15-17,20,32H,8-10,12-14,18H2,1H3,(H2,35,36,40,41). The Bertz CT molecular complexity index is 1720. The number of methoxy groups -OCH3 is 1. The number of nitrogens with one attached hydrogen (secondary N) is 3. The van der Waals surface area contributed by atoms with Crippen LogP contribution >= 0.6 is 0 Å². The summed E-state index contributed by atoms with van der Waals surface area (Å²) in [5, 5.41) is 8.55. The number of aromatic nitrogens is 2. The second-order valence-corrected chi connectivity index (χ2v) is 11.0. The van der Waals surface area contributed by atoms with Crippen LogP contribution in [0.5, 0.6) is 5.75 Å². The molecule has 3 aliphatic heterocycles. The third kappa shape index (κ3) is 4.73. The maximum absolute atomic E-state index is 13.3. The maximum atomic E-state index is 13.3. The molecule has 43 heavy (non-hydrogen) atoms. The lowest BCUT2D eigenvalue weighted by molar-refractivity contribution is -0.125. The van der Waals surface area contributed by atoms with Crippen molar-refractivity contribution in [3.05, 3.63) is 77.8 Å². The fraction of sp³-hybridized carbons (Fsp3) is 0.323. The number of anilines is 2. The molecule has 0 spiro atoms. The first-order chi connectivity index (χ1) is 20.9. The third-order valence-corrected chi connectivity index (χ3v) is 8.52. The predicted octanol–water partition coefficient (Wildman–Crippen LogP) is 3.20. The van der Waals surface area contributed by atoms with E-state index in [2.05, 4.69) is 25.8 Å². The molecule has 2 fully saturated rings. The smallest absolute Gasteiger partial charge is 0.322 e. The van der Waals surface area contributed by atoms with Gasteiger partial charge in [-0.3, -0.25) is 19.9 Å². The van der Waals surface area contributed by atoms with E-state index in [4.69, 9.17) is 14.1 Å². The molecular formula is C31H31N7O5. The number of pyridine rings is 2. The predicted molar refractivity (Wildman–Crippen MR) is 157 cm³/mol. The van der Waals surface area contributed by atoms with Gasteiger partial charge in [0.1, 0.15) is 22.8 Å². The number of urea groups is 1. The molecule has 7 rings (SSSR count). The highest BCUT2D eigenvalue weighted by molar-refractivity contribution is 6.07. The van der Waals surface area contributed by atoms with Crippen LogP contribution in [0.25, 0.3) is 11.1 Å². The minimum Gasteiger partial charge on any atom is -0.497 e. The molecule has 1 aromatic carbocycles. The van der Waals surface area contributed by atoms with Gasteiger partial charge in [-0.1, -0.05) is 6.07 Å². The van der Waals surface area contributed by atoms with E-state index in [9.17, 15) is 14.4 Å². The van der Waals surface area contributed by atoms with Gasteiger partial charge >= 0.3 is 6.03 Å². The van der Waals surface area contributed by atoms with Crippen molar-refractivity contribution < 1.29 is 23.5 Å². The molecule has 0 aliphatic carbocycles. The number of ether oxygens (including phenoxy) is 1. The van der Waals surface area contributed by atoms with Gasteiger partial charge in [0.25, 0.3) is 11.8 Å². The third-order valence-electron chi connectivity index (χ3n) is 8.52. The minimum absolute atomic E-state index is 0.116. The number of hydrogen-bond donors (Lipinski definition) is 3. The van der Waals surface area contributed by atoms with Crippen molar-refractivity contribution in [3.8, 4) is 5.75 Å². The summed E-state index contributed by atoms with van der Waals surface area (Å²) in [6, 6.07) is 14.4. The van der Waals surface area contributed by atoms with Crippen molar-refractivity contribution >= 4 is 40.5 Å². The first-order valence-electron chi connectivity index (χ1n) is 14.4. The first kappa shape index (κ1) is 26.9. The Morgan fingerprint density at radius 1 is 1.12 bits per heavy atom. The summed E-state index contributed by atoms with van der Waals surface area (Å²) in [5.74, 6) is 0.914. The Kier molecular flexibility index (Phi) is 6.69. The van der Waals surface area contributed by atoms with E-state index in [1.54, 1.807) is 30.3 Å². The summed E-state index contributed by atoms with van der Waals surface area (Å²) in [7, 11) is 1.55. The molecule has 4 amide bonds. The van der Waals surface area contributed by atoms with Gasteiger partial charge in [-0.2, -0.15) is 0 Å². The number of carbonyl (C=O) groups excluding carboxylic acids is 3. The lowest BCUT2D eigenvalue weighted by atomic mass is 9.92. The van der Waals surface area contributed by atoms with Crippen molar-refractivity contribution in [2.75, 3.05) is 31.6 Å². The average molecular weight is 582 g/mol. The molecule has 3 aromatic heterocycles. The van der Waals surface area contributed by atoms with Crippen LogP contribution < -0.4 is 25.6 Å². The Morgan fingerprint density at radius 3 is 2.72 bits per heavy atom. The topological polar surface area (TPSA) is 142 Å². The van der Waals surface area contributed by atoms with Gasteiger partial charge in [-0.25, -0.2) is 9.78 Å². The molecule has 12 heteroatoms. The Labute approximate surface area is 247 Å². The molecule has 1 atom stereocenters. The quantitative estimate of drug-likeness (QED) is 0.268. The molecule has 3 N–H and O–H groups in total. The minimum atomic E-state index is -1.50. The Hall–Kier alpha value is -4.97. The van der Waals surface area contributed by atoms with Gasteiger partial charge in [0.2, 0.25) is 0 Å². The van der Waals surface area contributed by atoms with Gasteiger partial charge in [0.15, 0.2) is 11.1 Å². The number of furan rings is 1. The number of hydrogen-bond acceptors (Lipinski definition) is 9. The normalized spacial score (nSPS) is 20.3. The van der Waals surface area contributed by atoms with Crippen LogP contribution in [0, 0.1) is 0 Å². The van der Waals surface area contributed by atoms with Crippen LogP contribution in [0.15, 0.2) is 65.3 Å². The number of rotatable bonds is 8. The van der Waals surface area contributed by atoms with E-state index in [0.717, 1.165) is 43.0 Å². The van der Waals surface area contributed by atoms with Gasteiger partial charge < -0.3 is 29.6 Å². The maximum Gasteiger partial charge on any atom is 0.322 e. The van der Waals surface area contributed by atoms with Crippen molar-refractivity contribution in [2.45, 2.75) is 37.4 Å². The van der Waals surface area contributed by atoms with Crippen LogP contribution in [0.2, 0.25) is 0 Å². The van der Waals surface area contributed by atoms with Gasteiger partial charge in [0, 0.05) is 43.4 Å².